The number of nitrogens with zero attached hydrogens (tertiary/aromatic N) is 1. The molecule has 0 atom stereocenters. The fraction of sp³-hybridized carbons (Fsp3) is 0.188. The van der Waals surface area contributed by atoms with Gasteiger partial charge in [-0.05, 0) is 53.0 Å². The monoisotopic (exact) mass is 317 g/mol. The van der Waals surface area contributed by atoms with Gasteiger partial charge in [0.15, 0.2) is 0 Å². The number of carbonyl (C=O) groups is 1. The number of hydrogen-bond acceptors (Lipinski definition) is 1. The smallest absolute Gasteiger partial charge is 0.259 e. The van der Waals surface area contributed by atoms with Crippen LogP contribution in [0.3, 0.4) is 0 Å². The molecule has 2 nitrogen and oxygen atoms in total. The van der Waals surface area contributed by atoms with Gasteiger partial charge in [0.05, 0.1) is 5.56 Å². The molecule has 0 spiro atoms. The minimum Gasteiger partial charge on any atom is -0.311 e. The van der Waals surface area contributed by atoms with E-state index in [1.165, 1.54) is 0 Å². The standard InChI is InChI=1S/C16H16BrNO/c1-11-7-6-8-12(2)15(11)18(3)16(19)13-9-4-5-10-14(13)17/h4-10H,1-3H3. The molecule has 0 unspecified atom stereocenters. The lowest BCUT2D eigenvalue weighted by Gasteiger charge is -2.22. The fourth-order valence-electron chi connectivity index (χ4n) is 2.25. The number of rotatable bonds is 2. The molecule has 0 aliphatic heterocycles. The van der Waals surface area contributed by atoms with Crippen molar-refractivity contribution in [3.8, 4) is 0 Å². The van der Waals surface area contributed by atoms with Crippen molar-refractivity contribution in [1.29, 1.82) is 0 Å². The molecule has 0 N–H and O–H groups in total. The summed E-state index contributed by atoms with van der Waals surface area (Å²) in [5, 5.41) is 0. The van der Waals surface area contributed by atoms with Crippen LogP contribution >= 0.6 is 15.9 Å². The summed E-state index contributed by atoms with van der Waals surface area (Å²) < 4.78 is 0.818. The maximum Gasteiger partial charge on any atom is 0.259 e. The van der Waals surface area contributed by atoms with Crippen molar-refractivity contribution in [1.82, 2.24) is 0 Å². The first-order valence-electron chi connectivity index (χ1n) is 6.11. The quantitative estimate of drug-likeness (QED) is 0.806. The molecule has 0 bridgehead atoms. The Morgan fingerprint density at radius 3 is 2.16 bits per heavy atom. The van der Waals surface area contributed by atoms with Crippen LogP contribution in [-0.2, 0) is 0 Å². The summed E-state index contributed by atoms with van der Waals surface area (Å²) in [5.74, 6) is -0.00937. The van der Waals surface area contributed by atoms with Gasteiger partial charge >= 0.3 is 0 Å². The third-order valence-corrected chi connectivity index (χ3v) is 3.88. The molecule has 3 heteroatoms. The molecule has 19 heavy (non-hydrogen) atoms. The lowest BCUT2D eigenvalue weighted by molar-refractivity contribution is 0.0992. The maximum atomic E-state index is 12.6. The number of benzene rings is 2. The highest BCUT2D eigenvalue weighted by Crippen LogP contribution is 2.26. The molecule has 0 saturated heterocycles. The molecule has 2 aromatic carbocycles. The molecule has 2 rings (SSSR count). The Hall–Kier alpha value is -1.61. The number of carbonyl (C=O) groups excluding carboxylic acids is 1. The van der Waals surface area contributed by atoms with Gasteiger partial charge in [-0.3, -0.25) is 4.79 Å². The molecule has 98 valence electrons. The number of hydrogen-bond donors (Lipinski definition) is 0. The van der Waals surface area contributed by atoms with Gasteiger partial charge in [0.25, 0.3) is 5.91 Å². The highest BCUT2D eigenvalue weighted by atomic mass is 79.9. The molecule has 0 saturated carbocycles. The molecule has 1 amide bonds. The topological polar surface area (TPSA) is 20.3 Å². The third kappa shape index (κ3) is 2.71. The van der Waals surface area contributed by atoms with E-state index in [1.807, 2.05) is 63.4 Å². The average molecular weight is 318 g/mol. The van der Waals surface area contributed by atoms with E-state index < -0.39 is 0 Å². The van der Waals surface area contributed by atoms with Gasteiger partial charge in [-0.25, -0.2) is 0 Å². The second-order valence-electron chi connectivity index (χ2n) is 4.58. The van der Waals surface area contributed by atoms with Gasteiger partial charge in [0.2, 0.25) is 0 Å². The van der Waals surface area contributed by atoms with Crippen molar-refractivity contribution in [3.05, 3.63) is 63.6 Å². The van der Waals surface area contributed by atoms with Crippen LogP contribution in [0.1, 0.15) is 21.5 Å². The first-order chi connectivity index (χ1) is 9.02. The number of aryl methyl sites for hydroxylation is 2. The van der Waals surface area contributed by atoms with Crippen LogP contribution in [-0.4, -0.2) is 13.0 Å². The average Bonchev–Trinajstić information content (AvgIpc) is 2.38. The zero-order valence-electron chi connectivity index (χ0n) is 11.3. The Balaban J connectivity index is 2.43. The van der Waals surface area contributed by atoms with Crippen LogP contribution in [0.15, 0.2) is 46.9 Å². The van der Waals surface area contributed by atoms with E-state index in [0.29, 0.717) is 5.56 Å². The lowest BCUT2D eigenvalue weighted by atomic mass is 10.1. The highest BCUT2D eigenvalue weighted by molar-refractivity contribution is 9.10. The van der Waals surface area contributed by atoms with E-state index in [9.17, 15) is 4.79 Å². The van der Waals surface area contributed by atoms with Crippen molar-refractivity contribution in [2.75, 3.05) is 11.9 Å². The van der Waals surface area contributed by atoms with E-state index in [1.54, 1.807) is 4.90 Å². The zero-order valence-corrected chi connectivity index (χ0v) is 12.9. The number of para-hydroxylation sites is 1. The molecule has 0 radical (unpaired) electrons. The van der Waals surface area contributed by atoms with Gasteiger partial charge in [-0.15, -0.1) is 0 Å². The predicted molar refractivity (Wildman–Crippen MR) is 82.8 cm³/mol. The SMILES string of the molecule is Cc1cccc(C)c1N(C)C(=O)c1ccccc1Br. The van der Waals surface area contributed by atoms with Gasteiger partial charge in [-0.2, -0.15) is 0 Å². The van der Waals surface area contributed by atoms with Crippen molar-refractivity contribution in [3.63, 3.8) is 0 Å². The summed E-state index contributed by atoms with van der Waals surface area (Å²) in [6.07, 6.45) is 0. The summed E-state index contributed by atoms with van der Waals surface area (Å²) >= 11 is 3.43. The number of anilines is 1. The van der Waals surface area contributed by atoms with E-state index in [-0.39, 0.29) is 5.91 Å². The number of amides is 1. The molecule has 0 aliphatic rings. The van der Waals surface area contributed by atoms with Gasteiger partial charge in [-0.1, -0.05) is 30.3 Å². The van der Waals surface area contributed by atoms with E-state index in [0.717, 1.165) is 21.3 Å². The molecular weight excluding hydrogens is 302 g/mol. The molecule has 0 fully saturated rings. The minimum atomic E-state index is -0.00937. The lowest BCUT2D eigenvalue weighted by Crippen LogP contribution is -2.28. The summed E-state index contributed by atoms with van der Waals surface area (Å²) in [6, 6.07) is 13.5. The number of halogens is 1. The molecule has 2 aromatic rings. The van der Waals surface area contributed by atoms with Crippen LogP contribution in [0.25, 0.3) is 0 Å². The predicted octanol–water partition coefficient (Wildman–Crippen LogP) is 4.34. The summed E-state index contributed by atoms with van der Waals surface area (Å²) in [7, 11) is 1.82. The molecule has 0 aliphatic carbocycles. The maximum absolute atomic E-state index is 12.6. The van der Waals surface area contributed by atoms with Crippen LogP contribution in [0.4, 0.5) is 5.69 Å². The molecular formula is C16H16BrNO. The van der Waals surface area contributed by atoms with Crippen LogP contribution in [0.5, 0.6) is 0 Å². The summed E-state index contributed by atoms with van der Waals surface area (Å²) in [4.78, 5) is 14.3. The minimum absolute atomic E-state index is 0.00937. The summed E-state index contributed by atoms with van der Waals surface area (Å²) in [6.45, 7) is 4.04. The van der Waals surface area contributed by atoms with Gasteiger partial charge < -0.3 is 4.90 Å². The van der Waals surface area contributed by atoms with Crippen LogP contribution in [0.2, 0.25) is 0 Å². The second-order valence-corrected chi connectivity index (χ2v) is 5.44. The highest BCUT2D eigenvalue weighted by Gasteiger charge is 2.18. The Morgan fingerprint density at radius 2 is 1.58 bits per heavy atom. The van der Waals surface area contributed by atoms with Crippen LogP contribution < -0.4 is 4.90 Å². The van der Waals surface area contributed by atoms with Gasteiger partial charge in [0.1, 0.15) is 0 Å². The molecule has 0 heterocycles. The fourth-order valence-corrected chi connectivity index (χ4v) is 2.71. The molecule has 0 aromatic heterocycles. The normalized spacial score (nSPS) is 10.3. The zero-order chi connectivity index (χ0) is 14.0. The summed E-state index contributed by atoms with van der Waals surface area (Å²) in [5.41, 5.74) is 3.85. The van der Waals surface area contributed by atoms with E-state index in [2.05, 4.69) is 15.9 Å². The van der Waals surface area contributed by atoms with Crippen molar-refractivity contribution < 1.29 is 4.79 Å². The van der Waals surface area contributed by atoms with E-state index in [4.69, 9.17) is 0 Å². The Kier molecular flexibility index (Phi) is 4.05. The van der Waals surface area contributed by atoms with Crippen molar-refractivity contribution in [2.45, 2.75) is 13.8 Å². The Bertz CT molecular complexity index is 602. The van der Waals surface area contributed by atoms with Crippen LogP contribution in [0, 0.1) is 13.8 Å². The Morgan fingerprint density at radius 1 is 1.00 bits per heavy atom. The second kappa shape index (κ2) is 5.57. The van der Waals surface area contributed by atoms with E-state index >= 15 is 0 Å². The van der Waals surface area contributed by atoms with Crippen molar-refractivity contribution in [2.24, 2.45) is 0 Å². The first kappa shape index (κ1) is 13.8. The first-order valence-corrected chi connectivity index (χ1v) is 6.90. The van der Waals surface area contributed by atoms with Gasteiger partial charge in [0, 0.05) is 17.2 Å². The van der Waals surface area contributed by atoms with Crippen molar-refractivity contribution >= 4 is 27.5 Å². The third-order valence-electron chi connectivity index (χ3n) is 3.18. The Labute approximate surface area is 122 Å². The largest absolute Gasteiger partial charge is 0.311 e.